The lowest BCUT2D eigenvalue weighted by Gasteiger charge is -2.22. The van der Waals surface area contributed by atoms with Crippen LogP contribution in [0.15, 0.2) is 46.2 Å². The summed E-state index contributed by atoms with van der Waals surface area (Å²) in [7, 11) is -2.64. The zero-order valence-electron chi connectivity index (χ0n) is 14.5. The van der Waals surface area contributed by atoms with E-state index in [4.69, 9.17) is 5.73 Å². The van der Waals surface area contributed by atoms with Gasteiger partial charge in [-0.15, -0.1) is 0 Å². The molecule has 3 aromatic rings. The first-order valence-electron chi connectivity index (χ1n) is 7.78. The average Bonchev–Trinajstić information content (AvgIpc) is 2.84. The molecule has 0 saturated heterocycles. The minimum Gasteiger partial charge on any atom is -0.375 e. The number of benzene rings is 2. The third kappa shape index (κ3) is 3.83. The molecule has 25 heavy (non-hydrogen) atoms. The molecule has 0 unspecified atom stereocenters. The van der Waals surface area contributed by atoms with Gasteiger partial charge in [0.05, 0.1) is 15.1 Å². The molecule has 0 radical (unpaired) electrons. The zero-order chi connectivity index (χ0) is 18.4. The monoisotopic (exact) mass is 392 g/mol. The minimum absolute atomic E-state index is 0.196. The predicted molar refractivity (Wildman–Crippen MR) is 107 cm³/mol. The Labute approximate surface area is 155 Å². The van der Waals surface area contributed by atoms with Crippen LogP contribution in [0.3, 0.4) is 0 Å². The minimum atomic E-state index is -3.51. The first-order valence-corrected chi connectivity index (χ1v) is 11.4. The standard InChI is InChI=1S/C18H20N2O2S3/c1-11-5-7-12(8-6-11)25(21,22)24-15-10-14-16(23-17(19)20-14)9-13(15)18(2,3)4/h5-10H,1-4H3,(H2,19,20). The Bertz CT molecular complexity index is 1030. The Balaban J connectivity index is 2.12. The molecule has 2 aromatic carbocycles. The van der Waals surface area contributed by atoms with E-state index in [2.05, 4.69) is 25.8 Å². The van der Waals surface area contributed by atoms with Gasteiger partial charge in [0.1, 0.15) is 0 Å². The largest absolute Gasteiger partial charge is 0.375 e. The highest BCUT2D eigenvalue weighted by atomic mass is 33.1. The van der Waals surface area contributed by atoms with Crippen molar-refractivity contribution in [3.05, 3.63) is 47.5 Å². The molecule has 0 atom stereocenters. The van der Waals surface area contributed by atoms with Crippen molar-refractivity contribution in [1.82, 2.24) is 4.98 Å². The van der Waals surface area contributed by atoms with E-state index in [1.165, 1.54) is 11.3 Å². The summed E-state index contributed by atoms with van der Waals surface area (Å²) in [6, 6.07) is 10.8. The summed E-state index contributed by atoms with van der Waals surface area (Å²) in [4.78, 5) is 5.31. The van der Waals surface area contributed by atoms with Gasteiger partial charge in [0.2, 0.25) is 8.87 Å². The van der Waals surface area contributed by atoms with Gasteiger partial charge < -0.3 is 5.73 Å². The fraction of sp³-hybridized carbons (Fsp3) is 0.278. The Kier molecular flexibility index (Phi) is 4.59. The van der Waals surface area contributed by atoms with E-state index in [1.54, 1.807) is 12.1 Å². The maximum absolute atomic E-state index is 12.9. The van der Waals surface area contributed by atoms with Gasteiger partial charge in [-0.25, -0.2) is 13.4 Å². The molecule has 0 aliphatic heterocycles. The summed E-state index contributed by atoms with van der Waals surface area (Å²) in [5.41, 5.74) is 8.35. The smallest absolute Gasteiger partial charge is 0.234 e. The van der Waals surface area contributed by atoms with E-state index in [9.17, 15) is 8.42 Å². The molecule has 0 fully saturated rings. The lowest BCUT2D eigenvalue weighted by molar-refractivity contribution is 0.579. The van der Waals surface area contributed by atoms with Crippen molar-refractivity contribution in [1.29, 1.82) is 0 Å². The summed E-state index contributed by atoms with van der Waals surface area (Å²) in [6.45, 7) is 8.14. The molecule has 3 rings (SSSR count). The second kappa shape index (κ2) is 6.30. The second-order valence-corrected chi connectivity index (χ2v) is 11.8. The van der Waals surface area contributed by atoms with Crippen LogP contribution in [-0.4, -0.2) is 13.4 Å². The molecule has 0 aliphatic carbocycles. The number of fused-ring (bicyclic) bond motifs is 1. The lowest BCUT2D eigenvalue weighted by atomic mass is 9.87. The van der Waals surface area contributed by atoms with Crippen LogP contribution in [0.2, 0.25) is 0 Å². The van der Waals surface area contributed by atoms with Crippen molar-refractivity contribution in [2.24, 2.45) is 0 Å². The Morgan fingerprint density at radius 1 is 1.12 bits per heavy atom. The van der Waals surface area contributed by atoms with Crippen molar-refractivity contribution < 1.29 is 8.42 Å². The molecule has 0 saturated carbocycles. The summed E-state index contributed by atoms with van der Waals surface area (Å²) >= 11 is 1.42. The molecule has 2 N–H and O–H groups in total. The number of hydrogen-bond acceptors (Lipinski definition) is 6. The molecule has 1 aromatic heterocycles. The van der Waals surface area contributed by atoms with Gasteiger partial charge in [-0.1, -0.05) is 49.8 Å². The third-order valence-electron chi connectivity index (χ3n) is 3.82. The molecule has 0 aliphatic rings. The average molecular weight is 393 g/mol. The number of thiazole rings is 1. The van der Waals surface area contributed by atoms with Crippen molar-refractivity contribution in [3.8, 4) is 0 Å². The molecular weight excluding hydrogens is 372 g/mol. The van der Waals surface area contributed by atoms with E-state index in [-0.39, 0.29) is 5.41 Å². The van der Waals surface area contributed by atoms with Crippen LogP contribution >= 0.6 is 22.1 Å². The van der Waals surface area contributed by atoms with E-state index in [1.807, 2.05) is 31.2 Å². The summed E-state index contributed by atoms with van der Waals surface area (Å²) in [5.74, 6) is 0. The highest BCUT2D eigenvalue weighted by molar-refractivity contribution is 8.72. The topological polar surface area (TPSA) is 73.0 Å². The van der Waals surface area contributed by atoms with Gasteiger partial charge in [-0.2, -0.15) is 0 Å². The number of aromatic nitrogens is 1. The number of hydrogen-bond donors (Lipinski definition) is 1. The number of aryl methyl sites for hydroxylation is 1. The fourth-order valence-corrected chi connectivity index (χ4v) is 6.42. The van der Waals surface area contributed by atoms with Gasteiger partial charge in [-0.3, -0.25) is 0 Å². The van der Waals surface area contributed by atoms with Crippen LogP contribution in [-0.2, 0) is 14.3 Å². The Hall–Kier alpha value is -1.57. The van der Waals surface area contributed by atoms with Crippen LogP contribution < -0.4 is 5.73 Å². The van der Waals surface area contributed by atoms with Crippen LogP contribution in [0.1, 0.15) is 31.9 Å². The Morgan fingerprint density at radius 2 is 1.76 bits per heavy atom. The molecular formula is C18H20N2O2S3. The summed E-state index contributed by atoms with van der Waals surface area (Å²) < 4.78 is 26.7. The van der Waals surface area contributed by atoms with E-state index < -0.39 is 8.87 Å². The summed E-state index contributed by atoms with van der Waals surface area (Å²) in [6.07, 6.45) is 0. The maximum atomic E-state index is 12.9. The van der Waals surface area contributed by atoms with Gasteiger partial charge in [0.15, 0.2) is 5.13 Å². The fourth-order valence-electron chi connectivity index (χ4n) is 2.50. The first kappa shape index (κ1) is 18.2. The van der Waals surface area contributed by atoms with E-state index in [0.29, 0.717) is 14.9 Å². The van der Waals surface area contributed by atoms with E-state index >= 15 is 0 Å². The quantitative estimate of drug-likeness (QED) is 0.637. The van der Waals surface area contributed by atoms with Crippen LogP contribution in [0, 0.1) is 6.92 Å². The van der Waals surface area contributed by atoms with Crippen LogP contribution in [0.5, 0.6) is 0 Å². The summed E-state index contributed by atoms with van der Waals surface area (Å²) in [5, 5.41) is 0.485. The molecule has 4 nitrogen and oxygen atoms in total. The number of rotatable bonds is 3. The molecule has 7 heteroatoms. The molecule has 132 valence electrons. The number of nitrogens with two attached hydrogens (primary N) is 1. The van der Waals surface area contributed by atoms with Crippen molar-refractivity contribution in [2.75, 3.05) is 5.73 Å². The lowest BCUT2D eigenvalue weighted by Crippen LogP contribution is -2.13. The van der Waals surface area contributed by atoms with Gasteiger partial charge in [-0.05, 0) is 42.2 Å². The van der Waals surface area contributed by atoms with Gasteiger partial charge in [0.25, 0.3) is 0 Å². The number of nitrogens with zero attached hydrogens (tertiary/aromatic N) is 1. The van der Waals surface area contributed by atoms with Crippen molar-refractivity contribution in [2.45, 2.75) is 42.9 Å². The van der Waals surface area contributed by atoms with Crippen molar-refractivity contribution in [3.63, 3.8) is 0 Å². The number of nitrogen functional groups attached to an aromatic ring is 1. The zero-order valence-corrected chi connectivity index (χ0v) is 17.0. The van der Waals surface area contributed by atoms with Gasteiger partial charge >= 0.3 is 0 Å². The molecule has 0 bridgehead atoms. The SMILES string of the molecule is Cc1ccc(S(=O)(=O)Sc2cc3nc(N)sc3cc2C(C)(C)C)cc1. The maximum Gasteiger partial charge on any atom is 0.234 e. The Morgan fingerprint density at radius 3 is 2.36 bits per heavy atom. The third-order valence-corrected chi connectivity index (χ3v) is 8.03. The molecule has 0 spiro atoms. The van der Waals surface area contributed by atoms with E-state index in [0.717, 1.165) is 32.1 Å². The van der Waals surface area contributed by atoms with Crippen LogP contribution in [0.4, 0.5) is 5.13 Å². The normalized spacial score (nSPS) is 12.6. The molecule has 1 heterocycles. The number of anilines is 1. The molecule has 0 amide bonds. The highest BCUT2D eigenvalue weighted by Crippen LogP contribution is 2.41. The second-order valence-electron chi connectivity index (χ2n) is 6.97. The van der Waals surface area contributed by atoms with Crippen LogP contribution in [0.25, 0.3) is 10.2 Å². The first-order chi connectivity index (χ1) is 11.6. The van der Waals surface area contributed by atoms with Crippen molar-refractivity contribution >= 4 is 46.3 Å². The predicted octanol–water partition coefficient (Wildman–Crippen LogP) is 4.97. The van der Waals surface area contributed by atoms with Gasteiger partial charge in [0, 0.05) is 15.7 Å². The highest BCUT2D eigenvalue weighted by Gasteiger charge is 2.25.